The number of benzene rings is 2. The Bertz CT molecular complexity index is 561. The SMILES string of the molecule is CN(c1ccc(O)cc1)c1ccc(CC(F)(F)F)cc1. The lowest BCUT2D eigenvalue weighted by Gasteiger charge is -2.20. The lowest BCUT2D eigenvalue weighted by Crippen LogP contribution is -2.12. The van der Waals surface area contributed by atoms with E-state index in [4.69, 9.17) is 0 Å². The fourth-order valence-corrected chi connectivity index (χ4v) is 1.89. The van der Waals surface area contributed by atoms with E-state index in [-0.39, 0.29) is 11.3 Å². The molecule has 0 spiro atoms. The topological polar surface area (TPSA) is 23.5 Å². The minimum atomic E-state index is -4.19. The Morgan fingerprint density at radius 2 is 1.35 bits per heavy atom. The summed E-state index contributed by atoms with van der Waals surface area (Å²) < 4.78 is 36.8. The normalized spacial score (nSPS) is 11.4. The van der Waals surface area contributed by atoms with Gasteiger partial charge in [-0.25, -0.2) is 0 Å². The van der Waals surface area contributed by atoms with Crippen molar-refractivity contribution in [2.75, 3.05) is 11.9 Å². The van der Waals surface area contributed by atoms with Crippen molar-refractivity contribution in [3.63, 3.8) is 0 Å². The van der Waals surface area contributed by atoms with Crippen molar-refractivity contribution >= 4 is 11.4 Å². The number of anilines is 2. The lowest BCUT2D eigenvalue weighted by atomic mass is 10.1. The van der Waals surface area contributed by atoms with Crippen molar-refractivity contribution in [3.05, 3.63) is 54.1 Å². The maximum Gasteiger partial charge on any atom is 0.393 e. The first-order valence-electron chi connectivity index (χ1n) is 6.03. The molecule has 0 aliphatic rings. The van der Waals surface area contributed by atoms with Crippen LogP contribution in [0.4, 0.5) is 24.5 Å². The quantitative estimate of drug-likeness (QED) is 0.908. The molecule has 0 unspecified atom stereocenters. The van der Waals surface area contributed by atoms with Crippen LogP contribution in [0.25, 0.3) is 0 Å². The van der Waals surface area contributed by atoms with Crippen LogP contribution >= 0.6 is 0 Å². The summed E-state index contributed by atoms with van der Waals surface area (Å²) in [6.07, 6.45) is -5.11. The number of phenolic OH excluding ortho intramolecular Hbond substituents is 1. The molecule has 106 valence electrons. The van der Waals surface area contributed by atoms with E-state index in [9.17, 15) is 18.3 Å². The van der Waals surface area contributed by atoms with Gasteiger partial charge in [-0.2, -0.15) is 13.2 Å². The zero-order chi connectivity index (χ0) is 14.8. The first-order chi connectivity index (χ1) is 9.35. The summed E-state index contributed by atoms with van der Waals surface area (Å²) in [5, 5.41) is 9.23. The number of halogens is 3. The number of hydrogen-bond donors (Lipinski definition) is 1. The first kappa shape index (κ1) is 14.2. The van der Waals surface area contributed by atoms with Crippen molar-refractivity contribution in [2.45, 2.75) is 12.6 Å². The zero-order valence-corrected chi connectivity index (χ0v) is 10.9. The molecule has 0 aromatic heterocycles. The molecule has 2 nitrogen and oxygen atoms in total. The first-order valence-corrected chi connectivity index (χ1v) is 6.03. The highest BCUT2D eigenvalue weighted by Crippen LogP contribution is 2.27. The van der Waals surface area contributed by atoms with Crippen molar-refractivity contribution < 1.29 is 18.3 Å². The molecule has 0 saturated heterocycles. The van der Waals surface area contributed by atoms with Crippen molar-refractivity contribution in [1.29, 1.82) is 0 Å². The summed E-state index contributed by atoms with van der Waals surface area (Å²) >= 11 is 0. The number of phenols is 1. The van der Waals surface area contributed by atoms with Gasteiger partial charge in [-0.15, -0.1) is 0 Å². The van der Waals surface area contributed by atoms with Gasteiger partial charge >= 0.3 is 6.18 Å². The molecule has 0 aliphatic carbocycles. The highest BCUT2D eigenvalue weighted by atomic mass is 19.4. The molecule has 0 radical (unpaired) electrons. The molecule has 0 fully saturated rings. The second kappa shape index (κ2) is 5.45. The molecule has 0 bridgehead atoms. The number of nitrogens with zero attached hydrogens (tertiary/aromatic N) is 1. The van der Waals surface area contributed by atoms with Crippen LogP contribution in [0.5, 0.6) is 5.75 Å². The number of hydrogen-bond acceptors (Lipinski definition) is 2. The van der Waals surface area contributed by atoms with Gasteiger partial charge in [-0.3, -0.25) is 0 Å². The molecule has 0 saturated carbocycles. The van der Waals surface area contributed by atoms with Crippen LogP contribution in [-0.2, 0) is 6.42 Å². The van der Waals surface area contributed by atoms with E-state index >= 15 is 0 Å². The predicted molar refractivity (Wildman–Crippen MR) is 72.4 cm³/mol. The van der Waals surface area contributed by atoms with Crippen molar-refractivity contribution in [2.24, 2.45) is 0 Å². The third-order valence-corrected chi connectivity index (χ3v) is 2.97. The fourth-order valence-electron chi connectivity index (χ4n) is 1.89. The molecule has 20 heavy (non-hydrogen) atoms. The molecule has 0 amide bonds. The van der Waals surface area contributed by atoms with Gasteiger partial charge in [-0.05, 0) is 42.0 Å². The maximum atomic E-state index is 12.3. The number of rotatable bonds is 3. The average molecular weight is 281 g/mol. The Labute approximate surface area is 115 Å². The van der Waals surface area contributed by atoms with E-state index in [2.05, 4.69) is 0 Å². The van der Waals surface area contributed by atoms with Gasteiger partial charge in [0.2, 0.25) is 0 Å². The molecule has 2 aromatic carbocycles. The number of alkyl halides is 3. The largest absolute Gasteiger partial charge is 0.508 e. The third kappa shape index (κ3) is 3.66. The molecule has 1 N–H and O–H groups in total. The van der Waals surface area contributed by atoms with E-state index in [0.717, 1.165) is 11.4 Å². The van der Waals surface area contributed by atoms with Gasteiger partial charge in [0.15, 0.2) is 0 Å². The summed E-state index contributed by atoms with van der Waals surface area (Å²) in [5.41, 5.74) is 1.85. The van der Waals surface area contributed by atoms with E-state index in [1.54, 1.807) is 36.4 Å². The van der Waals surface area contributed by atoms with Crippen LogP contribution in [0.15, 0.2) is 48.5 Å². The molecular formula is C15H14F3NO. The van der Waals surface area contributed by atoms with Crippen LogP contribution < -0.4 is 4.90 Å². The molecule has 0 heterocycles. The molecular weight excluding hydrogens is 267 g/mol. The standard InChI is InChI=1S/C15H14F3NO/c1-19(13-6-8-14(20)9-7-13)12-4-2-11(3-5-12)10-15(16,17)18/h2-9,20H,10H2,1H3. The van der Waals surface area contributed by atoms with Crippen LogP contribution in [0.3, 0.4) is 0 Å². The number of aromatic hydroxyl groups is 1. The second-order valence-electron chi connectivity index (χ2n) is 4.53. The highest BCUT2D eigenvalue weighted by Gasteiger charge is 2.27. The van der Waals surface area contributed by atoms with Gasteiger partial charge in [0.25, 0.3) is 0 Å². The second-order valence-corrected chi connectivity index (χ2v) is 4.53. The summed E-state index contributed by atoms with van der Waals surface area (Å²) in [6, 6.07) is 12.8. The van der Waals surface area contributed by atoms with E-state index in [0.29, 0.717) is 0 Å². The Balaban J connectivity index is 2.15. The minimum absolute atomic E-state index is 0.169. The average Bonchev–Trinajstić information content (AvgIpc) is 2.38. The van der Waals surface area contributed by atoms with Gasteiger partial charge in [0.05, 0.1) is 6.42 Å². The predicted octanol–water partition coefficient (Wildman–Crippen LogP) is 4.26. The fraction of sp³-hybridized carbons (Fsp3) is 0.200. The van der Waals surface area contributed by atoms with Gasteiger partial charge < -0.3 is 10.0 Å². The smallest absolute Gasteiger partial charge is 0.393 e. The van der Waals surface area contributed by atoms with Crippen molar-refractivity contribution in [1.82, 2.24) is 0 Å². The third-order valence-electron chi connectivity index (χ3n) is 2.97. The van der Waals surface area contributed by atoms with Crippen LogP contribution in [0.1, 0.15) is 5.56 Å². The Hall–Kier alpha value is -2.17. The molecule has 2 aromatic rings. The minimum Gasteiger partial charge on any atom is -0.508 e. The molecule has 0 atom stereocenters. The van der Waals surface area contributed by atoms with Gasteiger partial charge in [0, 0.05) is 18.4 Å². The zero-order valence-electron chi connectivity index (χ0n) is 10.9. The molecule has 5 heteroatoms. The monoisotopic (exact) mass is 281 g/mol. The van der Waals surface area contributed by atoms with Crippen molar-refractivity contribution in [3.8, 4) is 5.75 Å². The van der Waals surface area contributed by atoms with E-state index in [1.165, 1.54) is 12.1 Å². The lowest BCUT2D eigenvalue weighted by molar-refractivity contribution is -0.127. The summed E-state index contributed by atoms with van der Waals surface area (Å²) in [4.78, 5) is 1.83. The summed E-state index contributed by atoms with van der Waals surface area (Å²) in [7, 11) is 1.81. The Morgan fingerprint density at radius 3 is 1.80 bits per heavy atom. The Morgan fingerprint density at radius 1 is 0.900 bits per heavy atom. The molecule has 0 aliphatic heterocycles. The van der Waals surface area contributed by atoms with E-state index < -0.39 is 12.6 Å². The van der Waals surface area contributed by atoms with Gasteiger partial charge in [-0.1, -0.05) is 12.1 Å². The van der Waals surface area contributed by atoms with Gasteiger partial charge in [0.1, 0.15) is 5.75 Å². The molecule has 2 rings (SSSR count). The van der Waals surface area contributed by atoms with Crippen LogP contribution in [0, 0.1) is 0 Å². The van der Waals surface area contributed by atoms with Crippen LogP contribution in [0.2, 0.25) is 0 Å². The summed E-state index contributed by atoms with van der Waals surface area (Å²) in [5.74, 6) is 0.169. The Kier molecular flexibility index (Phi) is 3.88. The highest BCUT2D eigenvalue weighted by molar-refractivity contribution is 5.63. The maximum absolute atomic E-state index is 12.3. The van der Waals surface area contributed by atoms with Crippen LogP contribution in [-0.4, -0.2) is 18.3 Å². The van der Waals surface area contributed by atoms with E-state index in [1.807, 2.05) is 11.9 Å². The summed E-state index contributed by atoms with van der Waals surface area (Å²) in [6.45, 7) is 0.